The van der Waals surface area contributed by atoms with Crippen molar-refractivity contribution >= 4 is 21.5 Å². The minimum atomic E-state index is 0.556. The van der Waals surface area contributed by atoms with Crippen LogP contribution in [0.25, 0.3) is 21.5 Å². The normalized spacial score (nSPS) is 10.6. The van der Waals surface area contributed by atoms with Gasteiger partial charge in [0.15, 0.2) is 0 Å². The van der Waals surface area contributed by atoms with E-state index < -0.39 is 0 Å². The number of nitrogens with zero attached hydrogens (tertiary/aromatic N) is 2. The zero-order valence-electron chi connectivity index (χ0n) is 9.93. The monoisotopic (exact) mass is 232 g/mol. The lowest BCUT2D eigenvalue weighted by molar-refractivity contribution is 1.02. The van der Waals surface area contributed by atoms with Crippen LogP contribution in [0, 0.1) is 11.3 Å². The summed E-state index contributed by atoms with van der Waals surface area (Å²) in [6.07, 6.45) is 5.08. The summed E-state index contributed by atoms with van der Waals surface area (Å²) < 4.78 is 0. The Balaban J connectivity index is 2.36. The van der Waals surface area contributed by atoms with E-state index in [4.69, 9.17) is 5.26 Å². The molecule has 2 heteroatoms. The van der Waals surface area contributed by atoms with Crippen LogP contribution in [0.4, 0.5) is 0 Å². The lowest BCUT2D eigenvalue weighted by Gasteiger charge is -2.08. The van der Waals surface area contributed by atoms with Crippen LogP contribution in [-0.2, 0) is 6.42 Å². The average Bonchev–Trinajstić information content (AvgIpc) is 2.45. The highest BCUT2D eigenvalue weighted by Gasteiger charge is 2.05. The summed E-state index contributed by atoms with van der Waals surface area (Å²) in [4.78, 5) is 4.20. The standard InChI is InChI=1S/C16H12N2/c17-8-3-4-12-10-13-7-9-18-11-16(13)15-6-2-1-5-14(12)15/h1-2,5-7,9-11H,3-4H2. The summed E-state index contributed by atoms with van der Waals surface area (Å²) >= 11 is 0. The molecular formula is C16H12N2. The number of rotatable bonds is 2. The number of hydrogen-bond acceptors (Lipinski definition) is 2. The van der Waals surface area contributed by atoms with Crippen molar-refractivity contribution in [2.75, 3.05) is 0 Å². The Labute approximate surface area is 106 Å². The van der Waals surface area contributed by atoms with E-state index in [1.165, 1.54) is 27.1 Å². The molecule has 0 amide bonds. The van der Waals surface area contributed by atoms with Gasteiger partial charge in [0.05, 0.1) is 6.07 Å². The average molecular weight is 232 g/mol. The van der Waals surface area contributed by atoms with Crippen molar-refractivity contribution in [2.45, 2.75) is 12.8 Å². The third-order valence-corrected chi connectivity index (χ3v) is 3.25. The van der Waals surface area contributed by atoms with E-state index >= 15 is 0 Å². The molecule has 0 saturated carbocycles. The van der Waals surface area contributed by atoms with E-state index in [2.05, 4.69) is 29.3 Å². The van der Waals surface area contributed by atoms with Crippen LogP contribution in [0.1, 0.15) is 12.0 Å². The maximum absolute atomic E-state index is 8.75. The molecule has 2 aromatic carbocycles. The zero-order chi connectivity index (χ0) is 12.4. The molecule has 86 valence electrons. The highest BCUT2D eigenvalue weighted by atomic mass is 14.6. The summed E-state index contributed by atoms with van der Waals surface area (Å²) in [7, 11) is 0. The number of fused-ring (bicyclic) bond motifs is 3. The fraction of sp³-hybridized carbons (Fsp3) is 0.125. The van der Waals surface area contributed by atoms with Gasteiger partial charge in [-0.15, -0.1) is 0 Å². The SMILES string of the molecule is N#CCCc1cc2ccncc2c2ccccc12. The van der Waals surface area contributed by atoms with E-state index in [1.807, 2.05) is 30.6 Å². The third kappa shape index (κ3) is 1.70. The Kier molecular flexibility index (Phi) is 2.66. The molecule has 0 aliphatic rings. The van der Waals surface area contributed by atoms with E-state index in [0.717, 1.165) is 6.42 Å². The second-order valence-electron chi connectivity index (χ2n) is 4.34. The first-order valence-corrected chi connectivity index (χ1v) is 6.01. The van der Waals surface area contributed by atoms with Crippen molar-refractivity contribution in [1.82, 2.24) is 4.98 Å². The predicted molar refractivity (Wildman–Crippen MR) is 73.2 cm³/mol. The summed E-state index contributed by atoms with van der Waals surface area (Å²) in [5, 5.41) is 13.6. The van der Waals surface area contributed by atoms with Gasteiger partial charge in [-0.05, 0) is 34.2 Å². The Hall–Kier alpha value is -2.40. The molecule has 1 heterocycles. The van der Waals surface area contributed by atoms with E-state index in [-0.39, 0.29) is 0 Å². The maximum Gasteiger partial charge on any atom is 0.0625 e. The van der Waals surface area contributed by atoms with Crippen LogP contribution in [0.15, 0.2) is 48.8 Å². The molecule has 0 atom stereocenters. The van der Waals surface area contributed by atoms with E-state index in [1.54, 1.807) is 0 Å². The first kappa shape index (κ1) is 10.7. The van der Waals surface area contributed by atoms with Crippen molar-refractivity contribution in [3.05, 3.63) is 54.4 Å². The maximum atomic E-state index is 8.75. The predicted octanol–water partition coefficient (Wildman–Crippen LogP) is 3.84. The minimum absolute atomic E-state index is 0.556. The number of aromatic nitrogens is 1. The Bertz CT molecular complexity index is 754. The van der Waals surface area contributed by atoms with Gasteiger partial charge in [-0.25, -0.2) is 0 Å². The van der Waals surface area contributed by atoms with Crippen molar-refractivity contribution in [3.63, 3.8) is 0 Å². The molecule has 0 bridgehead atoms. The molecule has 0 unspecified atom stereocenters. The van der Waals surface area contributed by atoms with Gasteiger partial charge in [0.25, 0.3) is 0 Å². The van der Waals surface area contributed by atoms with E-state index in [9.17, 15) is 0 Å². The van der Waals surface area contributed by atoms with Crippen LogP contribution >= 0.6 is 0 Å². The van der Waals surface area contributed by atoms with Gasteiger partial charge in [-0.3, -0.25) is 4.98 Å². The second-order valence-corrected chi connectivity index (χ2v) is 4.34. The van der Waals surface area contributed by atoms with Gasteiger partial charge >= 0.3 is 0 Å². The largest absolute Gasteiger partial charge is 0.264 e. The Morgan fingerprint density at radius 2 is 1.89 bits per heavy atom. The quantitative estimate of drug-likeness (QED) is 0.629. The highest BCUT2D eigenvalue weighted by Crippen LogP contribution is 2.28. The number of nitriles is 1. The molecule has 2 nitrogen and oxygen atoms in total. The van der Waals surface area contributed by atoms with Gasteiger partial charge in [-0.2, -0.15) is 5.26 Å². The molecule has 0 N–H and O–H groups in total. The van der Waals surface area contributed by atoms with Crippen molar-refractivity contribution in [2.24, 2.45) is 0 Å². The zero-order valence-corrected chi connectivity index (χ0v) is 9.93. The van der Waals surface area contributed by atoms with Crippen LogP contribution in [0.3, 0.4) is 0 Å². The molecule has 0 saturated heterocycles. The minimum Gasteiger partial charge on any atom is -0.264 e. The smallest absolute Gasteiger partial charge is 0.0625 e. The molecule has 1 aromatic heterocycles. The summed E-state index contributed by atoms with van der Waals surface area (Å²) in [5.74, 6) is 0. The van der Waals surface area contributed by atoms with Crippen molar-refractivity contribution in [3.8, 4) is 6.07 Å². The van der Waals surface area contributed by atoms with Crippen molar-refractivity contribution in [1.29, 1.82) is 5.26 Å². The van der Waals surface area contributed by atoms with Crippen LogP contribution in [0.5, 0.6) is 0 Å². The highest BCUT2D eigenvalue weighted by molar-refractivity contribution is 6.08. The fourth-order valence-corrected chi connectivity index (χ4v) is 2.42. The Morgan fingerprint density at radius 1 is 1.06 bits per heavy atom. The molecular weight excluding hydrogens is 220 g/mol. The first-order valence-electron chi connectivity index (χ1n) is 6.01. The summed E-state index contributed by atoms with van der Waals surface area (Å²) in [6, 6.07) is 14.7. The molecule has 0 radical (unpaired) electrons. The number of hydrogen-bond donors (Lipinski definition) is 0. The molecule has 0 spiro atoms. The molecule has 0 aliphatic carbocycles. The first-order chi connectivity index (χ1) is 8.90. The summed E-state index contributed by atoms with van der Waals surface area (Å²) in [5.41, 5.74) is 1.24. The van der Waals surface area contributed by atoms with Gasteiger partial charge < -0.3 is 0 Å². The van der Waals surface area contributed by atoms with Gasteiger partial charge in [0.1, 0.15) is 0 Å². The number of benzene rings is 2. The van der Waals surface area contributed by atoms with Crippen LogP contribution in [0.2, 0.25) is 0 Å². The van der Waals surface area contributed by atoms with Crippen LogP contribution in [-0.4, -0.2) is 4.98 Å². The third-order valence-electron chi connectivity index (χ3n) is 3.25. The lowest BCUT2D eigenvalue weighted by atomic mass is 9.96. The molecule has 0 fully saturated rings. The van der Waals surface area contributed by atoms with E-state index in [0.29, 0.717) is 6.42 Å². The summed E-state index contributed by atoms with van der Waals surface area (Å²) in [6.45, 7) is 0. The molecule has 0 aliphatic heterocycles. The number of aryl methyl sites for hydroxylation is 1. The van der Waals surface area contributed by atoms with Gasteiger partial charge in [0.2, 0.25) is 0 Å². The van der Waals surface area contributed by atoms with Gasteiger partial charge in [-0.1, -0.05) is 30.3 Å². The van der Waals surface area contributed by atoms with Crippen LogP contribution < -0.4 is 0 Å². The molecule has 18 heavy (non-hydrogen) atoms. The number of pyridine rings is 1. The second kappa shape index (κ2) is 4.46. The topological polar surface area (TPSA) is 36.7 Å². The molecule has 3 rings (SSSR count). The molecule has 3 aromatic rings. The fourth-order valence-electron chi connectivity index (χ4n) is 2.42. The van der Waals surface area contributed by atoms with Crippen molar-refractivity contribution < 1.29 is 0 Å². The lowest BCUT2D eigenvalue weighted by Crippen LogP contribution is -1.89. The Morgan fingerprint density at radius 3 is 2.72 bits per heavy atom. The van der Waals surface area contributed by atoms with Gasteiger partial charge in [0, 0.05) is 24.2 Å².